The van der Waals surface area contributed by atoms with E-state index in [1.54, 1.807) is 24.3 Å². The Morgan fingerprint density at radius 2 is 1.82 bits per heavy atom. The summed E-state index contributed by atoms with van der Waals surface area (Å²) in [5, 5.41) is 12.5. The van der Waals surface area contributed by atoms with E-state index < -0.39 is 40.1 Å². The summed E-state index contributed by atoms with van der Waals surface area (Å²) in [6, 6.07) is 13.6. The highest BCUT2D eigenvalue weighted by Crippen LogP contribution is 2.31. The number of benzene rings is 2. The Morgan fingerprint density at radius 1 is 1.12 bits per heavy atom. The molecule has 214 valence electrons. The molecule has 12 heteroatoms. The number of aromatic nitrogens is 1. The quantitative estimate of drug-likeness (QED) is 0.388. The zero-order valence-electron chi connectivity index (χ0n) is 21.8. The third-order valence-electron chi connectivity index (χ3n) is 6.70. The first-order valence-corrected chi connectivity index (χ1v) is 14.4. The first-order valence-electron chi connectivity index (χ1n) is 12.8. The summed E-state index contributed by atoms with van der Waals surface area (Å²) in [5.41, 5.74) is 0.832. The number of sulfone groups is 1. The number of hydrogen-bond donors (Lipinski definition) is 2. The van der Waals surface area contributed by atoms with E-state index in [2.05, 4.69) is 15.2 Å². The molecule has 0 saturated carbocycles. The van der Waals surface area contributed by atoms with Crippen LogP contribution in [0.2, 0.25) is 0 Å². The van der Waals surface area contributed by atoms with Crippen LogP contribution in [0.25, 0.3) is 0 Å². The van der Waals surface area contributed by atoms with Crippen molar-refractivity contribution in [1.29, 1.82) is 0 Å². The van der Waals surface area contributed by atoms with Gasteiger partial charge >= 0.3 is 6.18 Å². The minimum Gasteiger partial charge on any atom is -0.489 e. The Bertz CT molecular complexity index is 1400. The van der Waals surface area contributed by atoms with Gasteiger partial charge in [-0.3, -0.25) is 9.78 Å². The maximum Gasteiger partial charge on any atom is 0.416 e. The monoisotopic (exact) mass is 577 g/mol. The molecule has 1 fully saturated rings. The number of aliphatic hydroxyl groups is 1. The number of hydrogen-bond acceptors (Lipinski definition) is 7. The highest BCUT2D eigenvalue weighted by Gasteiger charge is 2.30. The molecule has 0 aliphatic carbocycles. The largest absolute Gasteiger partial charge is 0.489 e. The van der Waals surface area contributed by atoms with E-state index in [1.165, 1.54) is 37.4 Å². The Hall–Kier alpha value is -3.64. The van der Waals surface area contributed by atoms with Gasteiger partial charge in [-0.25, -0.2) is 8.42 Å². The number of alkyl halides is 3. The van der Waals surface area contributed by atoms with Crippen molar-refractivity contribution in [3.63, 3.8) is 0 Å². The summed E-state index contributed by atoms with van der Waals surface area (Å²) in [6.07, 6.45) is -1.79. The van der Waals surface area contributed by atoms with Crippen molar-refractivity contribution < 1.29 is 36.2 Å². The number of rotatable bonds is 9. The maximum absolute atomic E-state index is 12.8. The number of ether oxygens (including phenoxy) is 1. The van der Waals surface area contributed by atoms with Gasteiger partial charge in [-0.2, -0.15) is 13.2 Å². The lowest BCUT2D eigenvalue weighted by atomic mass is 10.1. The first kappa shape index (κ1) is 29.3. The van der Waals surface area contributed by atoms with Crippen molar-refractivity contribution in [3.05, 3.63) is 83.7 Å². The lowest BCUT2D eigenvalue weighted by Crippen LogP contribution is -2.41. The maximum atomic E-state index is 12.8. The van der Waals surface area contributed by atoms with Crippen molar-refractivity contribution in [2.45, 2.75) is 43.0 Å². The van der Waals surface area contributed by atoms with Gasteiger partial charge in [0.1, 0.15) is 11.9 Å². The number of anilines is 1. The van der Waals surface area contributed by atoms with Gasteiger partial charge in [0.05, 0.1) is 41.1 Å². The number of nitrogens with zero attached hydrogens (tertiary/aromatic N) is 2. The summed E-state index contributed by atoms with van der Waals surface area (Å²) in [6.45, 7) is 2.41. The van der Waals surface area contributed by atoms with Crippen molar-refractivity contribution >= 4 is 21.4 Å². The molecule has 4 rings (SSSR count). The Morgan fingerprint density at radius 3 is 2.40 bits per heavy atom. The van der Waals surface area contributed by atoms with E-state index in [9.17, 15) is 31.5 Å². The predicted octanol–water partition coefficient (Wildman–Crippen LogP) is 4.41. The fourth-order valence-electron chi connectivity index (χ4n) is 4.41. The van der Waals surface area contributed by atoms with Gasteiger partial charge in [0.15, 0.2) is 9.84 Å². The van der Waals surface area contributed by atoms with Crippen LogP contribution in [-0.2, 0) is 16.0 Å². The van der Waals surface area contributed by atoms with Gasteiger partial charge in [0.25, 0.3) is 5.91 Å². The van der Waals surface area contributed by atoms with Gasteiger partial charge in [0, 0.05) is 24.0 Å². The average Bonchev–Trinajstić information content (AvgIpc) is 2.96. The Kier molecular flexibility index (Phi) is 8.99. The molecular weight excluding hydrogens is 547 g/mol. The number of carbonyl (C=O) groups is 1. The molecule has 1 aliphatic rings. The molecule has 40 heavy (non-hydrogen) atoms. The average molecular weight is 578 g/mol. The summed E-state index contributed by atoms with van der Waals surface area (Å²) in [4.78, 5) is 19.1. The van der Waals surface area contributed by atoms with Crippen molar-refractivity contribution in [2.24, 2.45) is 0 Å². The molecule has 0 radical (unpaired) electrons. The van der Waals surface area contributed by atoms with Gasteiger partial charge in [-0.05, 0) is 73.5 Å². The molecule has 0 bridgehead atoms. The number of halogens is 3. The van der Waals surface area contributed by atoms with Gasteiger partial charge < -0.3 is 20.1 Å². The molecule has 3 aromatic rings. The molecule has 1 aliphatic heterocycles. The van der Waals surface area contributed by atoms with E-state index >= 15 is 0 Å². The van der Waals surface area contributed by atoms with Crippen LogP contribution >= 0.6 is 0 Å². The van der Waals surface area contributed by atoms with Crippen LogP contribution in [0, 0.1) is 0 Å². The molecule has 8 nitrogen and oxygen atoms in total. The van der Waals surface area contributed by atoms with E-state index in [-0.39, 0.29) is 16.8 Å². The van der Waals surface area contributed by atoms with Gasteiger partial charge in [0.2, 0.25) is 0 Å². The summed E-state index contributed by atoms with van der Waals surface area (Å²) < 4.78 is 68.3. The zero-order chi connectivity index (χ0) is 28.9. The van der Waals surface area contributed by atoms with Crippen molar-refractivity contribution in [3.8, 4) is 5.75 Å². The lowest BCUT2D eigenvalue weighted by Gasteiger charge is -2.34. The Balaban J connectivity index is 1.36. The third kappa shape index (κ3) is 7.11. The van der Waals surface area contributed by atoms with Crippen LogP contribution in [0.1, 0.15) is 47.4 Å². The first-order chi connectivity index (χ1) is 19.0. The fraction of sp³-hybridized carbons (Fsp3) is 0.357. The number of pyridine rings is 1. The highest BCUT2D eigenvalue weighted by molar-refractivity contribution is 7.91. The fourth-order valence-corrected chi connectivity index (χ4v) is 5.23. The summed E-state index contributed by atoms with van der Waals surface area (Å²) in [7, 11) is -3.41. The van der Waals surface area contributed by atoms with Crippen LogP contribution in [0.4, 0.5) is 18.9 Å². The van der Waals surface area contributed by atoms with Crippen LogP contribution in [0.5, 0.6) is 5.75 Å². The van der Waals surface area contributed by atoms with E-state index in [1.807, 2.05) is 0 Å². The molecule has 0 spiro atoms. The minimum atomic E-state index is -4.40. The molecule has 1 aromatic heterocycles. The van der Waals surface area contributed by atoms with Crippen LogP contribution in [0.3, 0.4) is 0 Å². The molecule has 2 atom stereocenters. The third-order valence-corrected chi connectivity index (χ3v) is 8.42. The van der Waals surface area contributed by atoms with Crippen molar-refractivity contribution in [1.82, 2.24) is 10.3 Å². The molecule has 2 N–H and O–H groups in total. The van der Waals surface area contributed by atoms with E-state index in [0.29, 0.717) is 23.6 Å². The smallest absolute Gasteiger partial charge is 0.416 e. The molecule has 2 aromatic carbocycles. The zero-order valence-corrected chi connectivity index (χ0v) is 22.6. The van der Waals surface area contributed by atoms with Crippen LogP contribution < -0.4 is 15.0 Å². The number of amides is 1. The molecule has 2 heterocycles. The second-order valence-electron chi connectivity index (χ2n) is 9.43. The molecule has 0 unspecified atom stereocenters. The standard InChI is InChI=1S/C28H30F3N3O5S/c1-2-40(37,38)24-13-14-25(32-16-24)26(18-35)33-27(36)19-5-9-21(10-6-19)34-15-3-4-23(17-34)39-22-11-7-20(8-12-22)28(29,30)31/h5-14,16,23,26,35H,2-4,15,17-18H2,1H3,(H,33,36)/t23-,26-/m0/s1. The molecule has 1 amide bonds. The number of nitrogens with one attached hydrogen (secondary N) is 1. The molecule has 1 saturated heterocycles. The number of carbonyl (C=O) groups excluding carboxylic acids is 1. The predicted molar refractivity (Wildman–Crippen MR) is 143 cm³/mol. The van der Waals surface area contributed by atoms with Crippen molar-refractivity contribution in [2.75, 3.05) is 30.3 Å². The summed E-state index contributed by atoms with van der Waals surface area (Å²) in [5.74, 6) is -0.115. The van der Waals surface area contributed by atoms with E-state index in [4.69, 9.17) is 4.74 Å². The second kappa shape index (κ2) is 12.3. The normalized spacial score (nSPS) is 16.8. The van der Waals surface area contributed by atoms with Crippen LogP contribution in [0.15, 0.2) is 71.8 Å². The van der Waals surface area contributed by atoms with Gasteiger partial charge in [-0.15, -0.1) is 0 Å². The van der Waals surface area contributed by atoms with Gasteiger partial charge in [-0.1, -0.05) is 6.92 Å². The minimum absolute atomic E-state index is 0.0611. The SMILES string of the molecule is CCS(=O)(=O)c1ccc([C@H](CO)NC(=O)c2ccc(N3CCC[C@H](Oc4ccc(C(F)(F)F)cc4)C3)cc2)nc1. The molecular formula is C28H30F3N3O5S. The lowest BCUT2D eigenvalue weighted by molar-refractivity contribution is -0.137. The summed E-state index contributed by atoms with van der Waals surface area (Å²) >= 11 is 0. The highest BCUT2D eigenvalue weighted by atomic mass is 32.2. The topological polar surface area (TPSA) is 109 Å². The number of piperidine rings is 1. The second-order valence-corrected chi connectivity index (χ2v) is 11.7. The van der Waals surface area contributed by atoms with E-state index in [0.717, 1.165) is 37.2 Å². The Labute approximate surface area is 230 Å². The number of aliphatic hydroxyl groups excluding tert-OH is 1. The van der Waals surface area contributed by atoms with Crippen LogP contribution in [-0.4, -0.2) is 56.0 Å².